The molecule has 1 atom stereocenters. The second-order valence-corrected chi connectivity index (χ2v) is 6.36. The fourth-order valence-electron chi connectivity index (χ4n) is 2.73. The van der Waals surface area contributed by atoms with E-state index in [1.165, 1.54) is 6.07 Å². The van der Waals surface area contributed by atoms with Crippen LogP contribution in [0.15, 0.2) is 48.5 Å². The van der Waals surface area contributed by atoms with Crippen LogP contribution in [0.3, 0.4) is 0 Å². The number of hydrogen-bond donors (Lipinski definition) is 3. The van der Waals surface area contributed by atoms with Crippen LogP contribution in [0.5, 0.6) is 0 Å². The number of nitrogens with one attached hydrogen (secondary N) is 2. The van der Waals surface area contributed by atoms with E-state index in [0.717, 1.165) is 31.5 Å². The molecular weight excluding hydrogens is 329 g/mol. The van der Waals surface area contributed by atoms with Gasteiger partial charge < -0.3 is 16.4 Å². The first-order valence-corrected chi connectivity index (χ1v) is 9.17. The summed E-state index contributed by atoms with van der Waals surface area (Å²) in [7, 11) is 0. The average Bonchev–Trinajstić information content (AvgIpc) is 2.67. The number of carbonyl (C=O) groups excluding carboxylic acids is 1. The molecule has 140 valence electrons. The molecule has 5 heteroatoms. The normalized spacial score (nSPS) is 12.0. The fourth-order valence-corrected chi connectivity index (χ4v) is 2.73. The van der Waals surface area contributed by atoms with Crippen LogP contribution in [-0.4, -0.2) is 32.1 Å². The van der Waals surface area contributed by atoms with E-state index >= 15 is 0 Å². The maximum absolute atomic E-state index is 14.5. The van der Waals surface area contributed by atoms with Gasteiger partial charge in [0.05, 0.1) is 5.92 Å². The first-order valence-electron chi connectivity index (χ1n) is 9.17. The van der Waals surface area contributed by atoms with Gasteiger partial charge in [-0.15, -0.1) is 0 Å². The summed E-state index contributed by atoms with van der Waals surface area (Å²) in [6, 6.07) is 14.4. The molecule has 0 aromatic heterocycles. The lowest BCUT2D eigenvalue weighted by Crippen LogP contribution is -2.31. The summed E-state index contributed by atoms with van der Waals surface area (Å²) in [6.45, 7) is 4.82. The molecule has 26 heavy (non-hydrogen) atoms. The minimum Gasteiger partial charge on any atom is -0.356 e. The summed E-state index contributed by atoms with van der Waals surface area (Å²) >= 11 is 0. The molecule has 0 aliphatic carbocycles. The molecule has 0 saturated heterocycles. The Hall–Kier alpha value is -2.24. The third-order valence-electron chi connectivity index (χ3n) is 4.36. The van der Waals surface area contributed by atoms with E-state index in [1.54, 1.807) is 13.0 Å². The van der Waals surface area contributed by atoms with Crippen molar-refractivity contribution in [1.82, 2.24) is 10.6 Å². The molecule has 4 N–H and O–H groups in total. The van der Waals surface area contributed by atoms with Gasteiger partial charge in [0, 0.05) is 12.1 Å². The lowest BCUT2D eigenvalue weighted by atomic mass is 9.96. The van der Waals surface area contributed by atoms with Gasteiger partial charge >= 0.3 is 0 Å². The molecule has 0 heterocycles. The van der Waals surface area contributed by atoms with Crippen molar-refractivity contribution in [2.45, 2.75) is 25.7 Å². The van der Waals surface area contributed by atoms with Crippen LogP contribution in [0, 0.1) is 5.82 Å². The number of amides is 1. The van der Waals surface area contributed by atoms with Gasteiger partial charge in [-0.25, -0.2) is 4.39 Å². The summed E-state index contributed by atoms with van der Waals surface area (Å²) in [5.74, 6) is -0.782. The van der Waals surface area contributed by atoms with E-state index in [-0.39, 0.29) is 17.6 Å². The van der Waals surface area contributed by atoms with Crippen LogP contribution in [0.1, 0.15) is 31.2 Å². The molecular formula is C21H28FN3O. The first kappa shape index (κ1) is 20.1. The Labute approximate surface area is 155 Å². The smallest absolute Gasteiger partial charge is 0.227 e. The third kappa shape index (κ3) is 5.93. The standard InChI is InChI=1S/C21H28FN3O/c1-16(21(26)25-14-6-13-24-12-5-11-23)18-9-10-19(20(22)15-18)17-7-3-2-4-8-17/h2-4,7-10,15-16,24H,5-6,11-14,23H2,1H3,(H,25,26)/t16-/m1/s1. The van der Waals surface area contributed by atoms with Gasteiger partial charge in [0.15, 0.2) is 0 Å². The SMILES string of the molecule is C[C@@H](C(=O)NCCCNCCCN)c1ccc(-c2ccccc2)c(F)c1. The Morgan fingerprint density at radius 2 is 1.81 bits per heavy atom. The number of halogens is 1. The van der Waals surface area contributed by atoms with E-state index in [1.807, 2.05) is 36.4 Å². The van der Waals surface area contributed by atoms with Crippen LogP contribution in [0.25, 0.3) is 11.1 Å². The van der Waals surface area contributed by atoms with Crippen LogP contribution in [0.4, 0.5) is 4.39 Å². The minimum atomic E-state index is -0.389. The van der Waals surface area contributed by atoms with Gasteiger partial charge in [0.25, 0.3) is 0 Å². The predicted molar refractivity (Wildman–Crippen MR) is 104 cm³/mol. The lowest BCUT2D eigenvalue weighted by molar-refractivity contribution is -0.122. The number of benzene rings is 2. The third-order valence-corrected chi connectivity index (χ3v) is 4.36. The molecule has 0 radical (unpaired) electrons. The van der Waals surface area contributed by atoms with Crippen molar-refractivity contribution in [3.63, 3.8) is 0 Å². The molecule has 0 spiro atoms. The van der Waals surface area contributed by atoms with Crippen molar-refractivity contribution >= 4 is 5.91 Å². The Morgan fingerprint density at radius 3 is 2.50 bits per heavy atom. The highest BCUT2D eigenvalue weighted by Gasteiger charge is 2.16. The number of nitrogens with two attached hydrogens (primary N) is 1. The van der Waals surface area contributed by atoms with Crippen LogP contribution in [0.2, 0.25) is 0 Å². The zero-order valence-corrected chi connectivity index (χ0v) is 15.3. The summed E-state index contributed by atoms with van der Waals surface area (Å²) in [5, 5.41) is 6.18. The summed E-state index contributed by atoms with van der Waals surface area (Å²) in [6.07, 6.45) is 1.80. The highest BCUT2D eigenvalue weighted by Crippen LogP contribution is 2.26. The van der Waals surface area contributed by atoms with Crippen LogP contribution in [-0.2, 0) is 4.79 Å². The summed E-state index contributed by atoms with van der Waals surface area (Å²) in [5.41, 5.74) is 7.48. The molecule has 0 bridgehead atoms. The van der Waals surface area contributed by atoms with Crippen molar-refractivity contribution in [2.24, 2.45) is 5.73 Å². The van der Waals surface area contributed by atoms with Gasteiger partial charge in [-0.3, -0.25) is 4.79 Å². The molecule has 2 aromatic carbocycles. The van der Waals surface area contributed by atoms with E-state index in [2.05, 4.69) is 10.6 Å². The Balaban J connectivity index is 1.86. The summed E-state index contributed by atoms with van der Waals surface area (Å²) < 4.78 is 14.5. The van der Waals surface area contributed by atoms with E-state index < -0.39 is 0 Å². The zero-order valence-electron chi connectivity index (χ0n) is 15.3. The van der Waals surface area contributed by atoms with Crippen molar-refractivity contribution in [1.29, 1.82) is 0 Å². The molecule has 1 amide bonds. The van der Waals surface area contributed by atoms with E-state index in [0.29, 0.717) is 24.2 Å². The highest BCUT2D eigenvalue weighted by atomic mass is 19.1. The van der Waals surface area contributed by atoms with Gasteiger partial charge in [0.1, 0.15) is 5.82 Å². The Bertz CT molecular complexity index is 691. The topological polar surface area (TPSA) is 67.2 Å². The number of carbonyl (C=O) groups is 1. The van der Waals surface area contributed by atoms with Crippen molar-refractivity contribution in [3.05, 3.63) is 59.9 Å². The molecule has 0 fully saturated rings. The fraction of sp³-hybridized carbons (Fsp3) is 0.381. The number of rotatable bonds is 10. The second-order valence-electron chi connectivity index (χ2n) is 6.36. The van der Waals surface area contributed by atoms with Crippen LogP contribution >= 0.6 is 0 Å². The molecule has 0 aliphatic rings. The zero-order chi connectivity index (χ0) is 18.8. The number of hydrogen-bond acceptors (Lipinski definition) is 3. The first-order chi connectivity index (χ1) is 12.6. The lowest BCUT2D eigenvalue weighted by Gasteiger charge is -2.14. The molecule has 0 unspecified atom stereocenters. The largest absolute Gasteiger partial charge is 0.356 e. The Morgan fingerprint density at radius 1 is 1.08 bits per heavy atom. The van der Waals surface area contributed by atoms with Gasteiger partial charge in [-0.2, -0.15) is 0 Å². The van der Waals surface area contributed by atoms with Crippen molar-refractivity contribution < 1.29 is 9.18 Å². The molecule has 2 rings (SSSR count). The molecule has 0 aliphatic heterocycles. The maximum Gasteiger partial charge on any atom is 0.227 e. The predicted octanol–water partition coefficient (Wildman–Crippen LogP) is 3.04. The highest BCUT2D eigenvalue weighted by molar-refractivity contribution is 5.83. The molecule has 0 saturated carbocycles. The van der Waals surface area contributed by atoms with Gasteiger partial charge in [-0.1, -0.05) is 42.5 Å². The maximum atomic E-state index is 14.5. The monoisotopic (exact) mass is 357 g/mol. The molecule has 4 nitrogen and oxygen atoms in total. The minimum absolute atomic E-state index is 0.0844. The average molecular weight is 357 g/mol. The summed E-state index contributed by atoms with van der Waals surface area (Å²) in [4.78, 5) is 12.3. The van der Waals surface area contributed by atoms with Crippen molar-refractivity contribution in [2.75, 3.05) is 26.2 Å². The van der Waals surface area contributed by atoms with Crippen molar-refractivity contribution in [3.8, 4) is 11.1 Å². The molecule has 2 aromatic rings. The Kier molecular flexibility index (Phi) is 8.25. The second kappa shape index (κ2) is 10.7. The van der Waals surface area contributed by atoms with Gasteiger partial charge in [-0.05, 0) is 56.6 Å². The van der Waals surface area contributed by atoms with E-state index in [4.69, 9.17) is 5.73 Å². The van der Waals surface area contributed by atoms with E-state index in [9.17, 15) is 9.18 Å². The quantitative estimate of drug-likeness (QED) is 0.573. The van der Waals surface area contributed by atoms with Crippen LogP contribution < -0.4 is 16.4 Å². The van der Waals surface area contributed by atoms with Gasteiger partial charge in [0.2, 0.25) is 5.91 Å².